The third-order valence-electron chi connectivity index (χ3n) is 4.99. The fourth-order valence-electron chi connectivity index (χ4n) is 3.57. The van der Waals surface area contributed by atoms with E-state index >= 15 is 0 Å². The molecular weight excluding hydrogens is 342 g/mol. The molecule has 27 heavy (non-hydrogen) atoms. The Hall–Kier alpha value is -3.20. The van der Waals surface area contributed by atoms with Gasteiger partial charge in [0.05, 0.1) is 5.69 Å². The highest BCUT2D eigenvalue weighted by Gasteiger charge is 2.25. The first-order valence-corrected chi connectivity index (χ1v) is 9.06. The molecular formula is C18H19N9. The van der Waals surface area contributed by atoms with Crippen molar-refractivity contribution in [3.8, 4) is 5.82 Å². The van der Waals surface area contributed by atoms with Crippen LogP contribution < -0.4 is 0 Å². The van der Waals surface area contributed by atoms with E-state index in [0.29, 0.717) is 5.92 Å². The zero-order valence-corrected chi connectivity index (χ0v) is 14.8. The Morgan fingerprint density at radius 2 is 1.96 bits per heavy atom. The summed E-state index contributed by atoms with van der Waals surface area (Å²) in [5.41, 5.74) is 1.83. The summed E-state index contributed by atoms with van der Waals surface area (Å²) in [4.78, 5) is 10.7. The minimum atomic E-state index is 0.349. The van der Waals surface area contributed by atoms with Gasteiger partial charge in [0.25, 0.3) is 0 Å². The minimum Gasteiger partial charge on any atom is -0.297 e. The summed E-state index contributed by atoms with van der Waals surface area (Å²) < 4.78 is 3.61. The molecule has 0 spiro atoms. The first kappa shape index (κ1) is 16.0. The molecule has 1 saturated heterocycles. The maximum absolute atomic E-state index is 4.70. The molecule has 4 aromatic rings. The number of rotatable bonds is 4. The van der Waals surface area contributed by atoms with E-state index in [1.54, 1.807) is 23.4 Å². The van der Waals surface area contributed by atoms with Gasteiger partial charge in [0.2, 0.25) is 0 Å². The van der Waals surface area contributed by atoms with Crippen molar-refractivity contribution in [2.24, 2.45) is 0 Å². The van der Waals surface area contributed by atoms with Gasteiger partial charge in [-0.2, -0.15) is 9.61 Å². The van der Waals surface area contributed by atoms with Crippen LogP contribution in [0.3, 0.4) is 0 Å². The van der Waals surface area contributed by atoms with Gasteiger partial charge in [0, 0.05) is 31.1 Å². The lowest BCUT2D eigenvalue weighted by Gasteiger charge is -2.30. The molecule has 0 atom stereocenters. The normalized spacial score (nSPS) is 16.1. The van der Waals surface area contributed by atoms with Crippen molar-refractivity contribution < 1.29 is 0 Å². The monoisotopic (exact) mass is 361 g/mol. The summed E-state index contributed by atoms with van der Waals surface area (Å²) in [5.74, 6) is 2.04. The van der Waals surface area contributed by atoms with Crippen molar-refractivity contribution in [2.75, 3.05) is 13.1 Å². The SMILES string of the molecule is c1cnn(-c2ccc3nnc(C4CCN(Cc5ccncn5)CC4)n3n2)c1. The predicted octanol–water partition coefficient (Wildman–Crippen LogP) is 1.48. The molecule has 136 valence electrons. The maximum atomic E-state index is 4.70. The highest BCUT2D eigenvalue weighted by Crippen LogP contribution is 2.27. The van der Waals surface area contributed by atoms with Gasteiger partial charge in [-0.05, 0) is 50.2 Å². The van der Waals surface area contributed by atoms with Gasteiger partial charge in [0.1, 0.15) is 6.33 Å². The van der Waals surface area contributed by atoms with E-state index < -0.39 is 0 Å². The Balaban J connectivity index is 1.33. The van der Waals surface area contributed by atoms with E-state index in [2.05, 4.69) is 30.2 Å². The topological polar surface area (TPSA) is 89.9 Å². The molecule has 0 aromatic carbocycles. The lowest BCUT2D eigenvalue weighted by molar-refractivity contribution is 0.198. The first-order chi connectivity index (χ1) is 13.4. The zero-order chi connectivity index (χ0) is 18.1. The van der Waals surface area contributed by atoms with E-state index in [9.17, 15) is 0 Å². The van der Waals surface area contributed by atoms with Crippen LogP contribution >= 0.6 is 0 Å². The number of aromatic nitrogens is 8. The second-order valence-electron chi connectivity index (χ2n) is 6.72. The van der Waals surface area contributed by atoms with E-state index in [-0.39, 0.29) is 0 Å². The van der Waals surface area contributed by atoms with Crippen LogP contribution in [0.4, 0.5) is 0 Å². The Kier molecular flexibility index (Phi) is 4.06. The molecule has 4 aromatic heterocycles. The summed E-state index contributed by atoms with van der Waals surface area (Å²) in [7, 11) is 0. The van der Waals surface area contributed by atoms with Gasteiger partial charge in [-0.3, -0.25) is 4.90 Å². The van der Waals surface area contributed by atoms with Crippen LogP contribution in [-0.2, 0) is 6.54 Å². The lowest BCUT2D eigenvalue weighted by atomic mass is 9.96. The molecule has 9 heteroatoms. The second kappa shape index (κ2) is 6.84. The molecule has 0 amide bonds. The van der Waals surface area contributed by atoms with Crippen molar-refractivity contribution in [2.45, 2.75) is 25.3 Å². The number of hydrogen-bond acceptors (Lipinski definition) is 7. The lowest BCUT2D eigenvalue weighted by Crippen LogP contribution is -2.33. The third kappa shape index (κ3) is 3.17. The third-order valence-corrected chi connectivity index (χ3v) is 4.99. The fourth-order valence-corrected chi connectivity index (χ4v) is 3.57. The van der Waals surface area contributed by atoms with Crippen molar-refractivity contribution in [3.63, 3.8) is 0 Å². The Morgan fingerprint density at radius 1 is 1.04 bits per heavy atom. The van der Waals surface area contributed by atoms with Gasteiger partial charge in [-0.15, -0.1) is 15.3 Å². The number of likely N-dealkylation sites (tertiary alicyclic amines) is 1. The van der Waals surface area contributed by atoms with Gasteiger partial charge in [-0.1, -0.05) is 0 Å². The highest BCUT2D eigenvalue weighted by atomic mass is 15.4. The smallest absolute Gasteiger partial charge is 0.178 e. The quantitative estimate of drug-likeness (QED) is 0.544. The Bertz CT molecular complexity index is 1020. The largest absolute Gasteiger partial charge is 0.297 e. The molecule has 1 aliphatic heterocycles. The highest BCUT2D eigenvalue weighted by molar-refractivity contribution is 5.39. The molecule has 0 N–H and O–H groups in total. The van der Waals surface area contributed by atoms with Crippen molar-refractivity contribution in [1.29, 1.82) is 0 Å². The summed E-state index contributed by atoms with van der Waals surface area (Å²) in [6, 6.07) is 7.70. The number of nitrogens with zero attached hydrogens (tertiary/aromatic N) is 9. The van der Waals surface area contributed by atoms with E-state index in [4.69, 9.17) is 5.10 Å². The van der Waals surface area contributed by atoms with Gasteiger partial charge < -0.3 is 0 Å². The summed E-state index contributed by atoms with van der Waals surface area (Å²) >= 11 is 0. The molecule has 1 aliphatic rings. The number of hydrogen-bond donors (Lipinski definition) is 0. The predicted molar refractivity (Wildman–Crippen MR) is 97.2 cm³/mol. The second-order valence-corrected chi connectivity index (χ2v) is 6.72. The molecule has 1 fully saturated rings. The van der Waals surface area contributed by atoms with Gasteiger partial charge in [-0.25, -0.2) is 14.6 Å². The van der Waals surface area contributed by atoms with E-state index in [1.807, 2.05) is 35.0 Å². The number of piperidine rings is 1. The molecule has 0 radical (unpaired) electrons. The van der Waals surface area contributed by atoms with Crippen LogP contribution in [0.15, 0.2) is 49.2 Å². The van der Waals surface area contributed by atoms with Crippen molar-refractivity contribution in [1.82, 2.24) is 44.5 Å². The van der Waals surface area contributed by atoms with Crippen LogP contribution in [-0.4, -0.2) is 57.5 Å². The standard InChI is InChI=1S/C18H19N9/c1-7-21-26(9-1)17-3-2-16-22-23-18(27(16)24-17)14-5-10-25(11-6-14)12-15-4-8-19-13-20-15/h1-4,7-9,13-14H,5-6,10-12H2. The van der Waals surface area contributed by atoms with Crippen LogP contribution in [0.5, 0.6) is 0 Å². The van der Waals surface area contributed by atoms with Gasteiger partial charge in [0.15, 0.2) is 17.3 Å². The molecule has 0 bridgehead atoms. The molecule has 0 saturated carbocycles. The van der Waals surface area contributed by atoms with Crippen LogP contribution in [0.2, 0.25) is 0 Å². The molecule has 0 unspecified atom stereocenters. The van der Waals surface area contributed by atoms with Crippen LogP contribution in [0.25, 0.3) is 11.5 Å². The average Bonchev–Trinajstić information content (AvgIpc) is 3.39. The van der Waals surface area contributed by atoms with Crippen LogP contribution in [0, 0.1) is 0 Å². The Morgan fingerprint density at radius 3 is 2.74 bits per heavy atom. The maximum Gasteiger partial charge on any atom is 0.178 e. The summed E-state index contributed by atoms with van der Waals surface area (Å²) in [6.45, 7) is 2.86. The average molecular weight is 361 g/mol. The Labute approximate surface area is 155 Å². The molecule has 5 rings (SSSR count). The minimum absolute atomic E-state index is 0.349. The first-order valence-electron chi connectivity index (χ1n) is 9.06. The fraction of sp³-hybridized carbons (Fsp3) is 0.333. The zero-order valence-electron chi connectivity index (χ0n) is 14.8. The van der Waals surface area contributed by atoms with Crippen LogP contribution in [0.1, 0.15) is 30.3 Å². The van der Waals surface area contributed by atoms with Crippen molar-refractivity contribution in [3.05, 3.63) is 60.7 Å². The molecule has 9 nitrogen and oxygen atoms in total. The van der Waals surface area contributed by atoms with E-state index in [1.165, 1.54) is 0 Å². The molecule has 0 aliphatic carbocycles. The van der Waals surface area contributed by atoms with Gasteiger partial charge >= 0.3 is 0 Å². The van der Waals surface area contributed by atoms with E-state index in [0.717, 1.165) is 55.5 Å². The molecule has 5 heterocycles. The summed E-state index contributed by atoms with van der Waals surface area (Å²) in [6.07, 6.45) is 9.07. The number of fused-ring (bicyclic) bond motifs is 1. The summed E-state index contributed by atoms with van der Waals surface area (Å²) in [5, 5.41) is 17.7. The van der Waals surface area contributed by atoms with Crippen molar-refractivity contribution >= 4 is 5.65 Å².